The molecule has 0 bridgehead atoms. The Labute approximate surface area is 356 Å². The summed E-state index contributed by atoms with van der Waals surface area (Å²) in [7, 11) is 0.310. The minimum atomic E-state index is -2.77. The Balaban J connectivity index is -0.000000387. The third kappa shape index (κ3) is 28.7. The highest BCUT2D eigenvalue weighted by atomic mass is 31.2. The summed E-state index contributed by atoms with van der Waals surface area (Å²) >= 11 is 0. The van der Waals surface area contributed by atoms with Crippen molar-refractivity contribution >= 4 is 24.6 Å². The number of aliphatic hydroxyl groups is 2. The van der Waals surface area contributed by atoms with E-state index in [4.69, 9.17) is 55.6 Å². The predicted octanol–water partition coefficient (Wildman–Crippen LogP) is 8.53. The largest absolute Gasteiger partial charge is 0.400 e. The lowest BCUT2D eigenvalue weighted by Crippen LogP contribution is -2.36. The maximum atomic E-state index is 11.1. The molecule has 0 aromatic rings. The van der Waals surface area contributed by atoms with E-state index >= 15 is 0 Å². The summed E-state index contributed by atoms with van der Waals surface area (Å²) in [5.41, 5.74) is 0. The molecule has 2 saturated heterocycles. The fraction of sp³-hybridized carbons (Fsp3) is 0.947. The standard InChI is InChI=1S/C15H29N2O3P.C14H27N2O3P.C6H15O4P.2CH4O.CH4/c1-11(2)17(12(3)4)21(19-9-8-16-7)20-15-13(5)10-18-14(15)6;1-11(2)16(12(3)4)20(18-10-8-15-6)19-14-7-9-17-13(14)5;1-8-5-4-6-10-11(3,7)9-2;2*1-2;/h11-15H,8-10H2,1-6H3;11-14H,7-10H2,1-5H3;4-6H2,1-3H3;2*2H,1H3;1H4/i6D;5D;;2*2T;. The van der Waals surface area contributed by atoms with Crippen LogP contribution in [0.1, 0.15) is 99.1 Å². The van der Waals surface area contributed by atoms with Gasteiger partial charge < -0.3 is 61.3 Å². The van der Waals surface area contributed by atoms with Crippen molar-refractivity contribution in [1.82, 2.24) is 9.34 Å². The van der Waals surface area contributed by atoms with Gasteiger partial charge in [0.05, 0.1) is 37.6 Å². The molecule has 19 heteroatoms. The van der Waals surface area contributed by atoms with Crippen LogP contribution in [0.3, 0.4) is 0 Å². The number of methoxy groups -OCH3 is 1. The van der Waals surface area contributed by atoms with E-state index in [-0.39, 0.29) is 63.6 Å². The molecule has 0 aromatic carbocycles. The number of rotatable bonds is 22. The molecule has 0 spiro atoms. The highest BCUT2D eigenvalue weighted by Gasteiger charge is 2.38. The Morgan fingerprint density at radius 3 is 1.74 bits per heavy atom. The lowest BCUT2D eigenvalue weighted by atomic mass is 10.1. The van der Waals surface area contributed by atoms with Crippen LogP contribution in [0.5, 0.6) is 0 Å². The van der Waals surface area contributed by atoms with Crippen molar-refractivity contribution in [2.45, 2.75) is 145 Å². The molecule has 0 amide bonds. The minimum Gasteiger partial charge on any atom is -0.400 e. The van der Waals surface area contributed by atoms with Crippen LogP contribution in [0.15, 0.2) is 0 Å². The summed E-state index contributed by atoms with van der Waals surface area (Å²) < 4.78 is 91.7. The SMILES string of the molecule is C.COCCCOP(C)(=O)OC.[2H]CC1OCC(C)C1OP(OCC[N+]#[C-])N(C(C)C)C(C)C.[2H]CC1OCCC1OP(OCC[N+]#[C-])N(C(C)C)C(C)C.[3H]OC.[3H]OC. The number of aliphatic hydroxyl groups excluding tert-OH is 2. The molecular weight excluding hydrogens is 797 g/mol. The van der Waals surface area contributed by atoms with Gasteiger partial charge in [0.15, 0.2) is 0 Å². The van der Waals surface area contributed by atoms with Crippen molar-refractivity contribution in [2.75, 3.05) is 87.8 Å². The van der Waals surface area contributed by atoms with Crippen LogP contribution in [0, 0.1) is 19.1 Å². The van der Waals surface area contributed by atoms with E-state index in [0.717, 1.165) is 12.8 Å². The van der Waals surface area contributed by atoms with Crippen molar-refractivity contribution in [3.05, 3.63) is 22.8 Å². The van der Waals surface area contributed by atoms with Gasteiger partial charge in [-0.3, -0.25) is 4.57 Å². The summed E-state index contributed by atoms with van der Waals surface area (Å²) in [5.74, 6) is 0.256. The van der Waals surface area contributed by atoms with Crippen LogP contribution in [0.25, 0.3) is 9.69 Å². The first-order chi connectivity index (χ1) is 28.4. The van der Waals surface area contributed by atoms with E-state index < -0.39 is 24.6 Å². The van der Waals surface area contributed by atoms with Crippen LogP contribution in [-0.2, 0) is 45.9 Å². The molecule has 2 N–H and O–H groups in total. The molecule has 2 aliphatic heterocycles. The molecule has 0 saturated carbocycles. The number of hydrogen-bond acceptors (Lipinski definition) is 14. The zero-order chi connectivity index (χ0) is 46.7. The van der Waals surface area contributed by atoms with E-state index in [2.05, 4.69) is 96.1 Å². The third-order valence-corrected chi connectivity index (χ3v) is 13.1. The summed E-state index contributed by atoms with van der Waals surface area (Å²) in [6.07, 6.45) is 0.986. The predicted molar refractivity (Wildman–Crippen MR) is 233 cm³/mol. The third-order valence-electron chi connectivity index (χ3n) is 7.54. The Bertz CT molecular complexity index is 1120. The first kappa shape index (κ1) is 54.6. The molecule has 0 radical (unpaired) electrons. The molecule has 8 atom stereocenters. The lowest BCUT2D eigenvalue weighted by Gasteiger charge is -2.37. The van der Waals surface area contributed by atoms with E-state index in [0.29, 0.717) is 64.8 Å². The molecule has 2 rings (SSSR count). The van der Waals surface area contributed by atoms with Gasteiger partial charge in [0.25, 0.3) is 17.1 Å². The zero-order valence-electron chi connectivity index (χ0n) is 40.7. The van der Waals surface area contributed by atoms with Gasteiger partial charge in [-0.2, -0.15) is 0 Å². The molecule has 2 heterocycles. The molecule has 342 valence electrons. The van der Waals surface area contributed by atoms with Gasteiger partial charge in [-0.05, 0) is 82.0 Å². The Morgan fingerprint density at radius 1 is 0.860 bits per heavy atom. The Kier molecular flexibility index (Phi) is 36.8. The van der Waals surface area contributed by atoms with Gasteiger partial charge in [-0.1, -0.05) is 14.4 Å². The minimum absolute atomic E-state index is 0. The van der Waals surface area contributed by atoms with Crippen molar-refractivity contribution in [1.29, 1.82) is 2.86 Å². The molecule has 0 aliphatic carbocycles. The van der Waals surface area contributed by atoms with E-state index in [1.54, 1.807) is 7.11 Å². The van der Waals surface area contributed by atoms with Gasteiger partial charge in [-0.25, -0.2) is 22.5 Å². The second-order valence-electron chi connectivity index (χ2n) is 13.4. The Morgan fingerprint density at radius 2 is 1.33 bits per heavy atom. The van der Waals surface area contributed by atoms with Crippen molar-refractivity contribution in [3.63, 3.8) is 0 Å². The normalized spacial score (nSPS) is 23.0. The highest BCUT2D eigenvalue weighted by Crippen LogP contribution is 2.50. The molecule has 2 aliphatic rings. The Hall–Kier alpha value is -0.450. The van der Waals surface area contributed by atoms with Crippen LogP contribution < -0.4 is 0 Å². The summed E-state index contributed by atoms with van der Waals surface area (Å²) in [6, 6.07) is 1.15. The van der Waals surface area contributed by atoms with Gasteiger partial charge in [0, 0.05) is 81.1 Å². The quantitative estimate of drug-likeness (QED) is 0.0606. The van der Waals surface area contributed by atoms with Crippen LogP contribution in [0.4, 0.5) is 0 Å². The summed E-state index contributed by atoms with van der Waals surface area (Å²) in [4.78, 5) is 6.67. The second-order valence-corrected chi connectivity index (χ2v) is 18.4. The molecule has 8 unspecified atom stereocenters. The van der Waals surface area contributed by atoms with Crippen molar-refractivity contribution in [2.24, 2.45) is 5.92 Å². The van der Waals surface area contributed by atoms with E-state index in [9.17, 15) is 4.57 Å². The van der Waals surface area contributed by atoms with Gasteiger partial charge in [-0.15, -0.1) is 0 Å². The molecule has 16 nitrogen and oxygen atoms in total. The number of ether oxygens (including phenoxy) is 3. The summed E-state index contributed by atoms with van der Waals surface area (Å²) in [6.45, 7) is 38.4. The molecular formula is C38H83N4O12P3. The monoisotopic (exact) mass is 887 g/mol. The highest BCUT2D eigenvalue weighted by molar-refractivity contribution is 7.52. The molecule has 57 heavy (non-hydrogen) atoms. The molecule has 2 fully saturated rings. The van der Waals surface area contributed by atoms with Crippen LogP contribution in [0.2, 0.25) is 0 Å². The number of nitrogens with zero attached hydrogens (tertiary/aromatic N) is 4. The average Bonchev–Trinajstić information content (AvgIpc) is 3.79. The number of hydrogen-bond donors (Lipinski definition) is 2. The lowest BCUT2D eigenvalue weighted by molar-refractivity contribution is 0.0520. The summed E-state index contributed by atoms with van der Waals surface area (Å²) in [5, 5.41) is 7.00. The van der Waals surface area contributed by atoms with Gasteiger partial charge >= 0.3 is 7.60 Å². The van der Waals surface area contributed by atoms with E-state index in [1.807, 2.05) is 0 Å². The van der Waals surface area contributed by atoms with Crippen LogP contribution >= 0.6 is 24.6 Å². The maximum absolute atomic E-state index is 11.1. The first-order valence-corrected chi connectivity index (χ1v) is 23.1. The fourth-order valence-electron chi connectivity index (χ4n) is 5.04. The second kappa shape index (κ2) is 38.5. The molecule has 0 aromatic heterocycles. The van der Waals surface area contributed by atoms with Gasteiger partial charge in [0.1, 0.15) is 13.2 Å². The van der Waals surface area contributed by atoms with Crippen molar-refractivity contribution in [3.8, 4) is 0 Å². The zero-order valence-corrected chi connectivity index (χ0v) is 39.4. The van der Waals surface area contributed by atoms with Gasteiger partial charge in [0.2, 0.25) is 16.0 Å². The van der Waals surface area contributed by atoms with E-state index in [1.165, 1.54) is 28.0 Å². The maximum Gasteiger partial charge on any atom is 0.327 e. The fourth-order valence-corrected chi connectivity index (χ4v) is 9.22. The van der Waals surface area contributed by atoms with Crippen LogP contribution in [-0.4, -0.2) is 159 Å². The van der Waals surface area contributed by atoms with Crippen molar-refractivity contribution < 1.29 is 58.9 Å². The smallest absolute Gasteiger partial charge is 0.327 e. The first-order valence-electron chi connectivity index (χ1n) is 21.1. The average molecular weight is 887 g/mol. The topological polar surface area (TPSA) is 156 Å².